The maximum atomic E-state index is 5.37. The first-order chi connectivity index (χ1) is 6.33. The van der Waals surface area contributed by atoms with E-state index >= 15 is 0 Å². The predicted octanol–water partition coefficient (Wildman–Crippen LogP) is 1.83. The maximum absolute atomic E-state index is 5.37. The molecule has 0 bridgehead atoms. The molecule has 4 heteroatoms. The molecule has 0 fully saturated rings. The summed E-state index contributed by atoms with van der Waals surface area (Å²) < 4.78 is 6.33. The van der Waals surface area contributed by atoms with E-state index in [0.29, 0.717) is 12.5 Å². The average molecular weight is 245 g/mol. The Hall–Kier alpha value is -0.610. The van der Waals surface area contributed by atoms with Gasteiger partial charge in [0.05, 0.1) is 0 Å². The summed E-state index contributed by atoms with van der Waals surface area (Å²) in [5, 5.41) is 3.17. The minimum absolute atomic E-state index is 0.655. The van der Waals surface area contributed by atoms with Crippen LogP contribution in [-0.2, 0) is 0 Å². The van der Waals surface area contributed by atoms with Crippen molar-refractivity contribution >= 4 is 15.9 Å². The van der Waals surface area contributed by atoms with E-state index in [1.807, 2.05) is 12.1 Å². The van der Waals surface area contributed by atoms with Gasteiger partial charge in [-0.2, -0.15) is 0 Å². The van der Waals surface area contributed by atoms with E-state index in [1.165, 1.54) is 0 Å². The van der Waals surface area contributed by atoms with Crippen molar-refractivity contribution in [3.05, 3.63) is 22.8 Å². The zero-order valence-electron chi connectivity index (χ0n) is 7.59. The number of likely N-dealkylation sites (N-methyl/N-ethyl adjacent to an activating group) is 1. The zero-order chi connectivity index (χ0) is 9.52. The summed E-state index contributed by atoms with van der Waals surface area (Å²) in [5.41, 5.74) is 0. The molecule has 0 spiro atoms. The van der Waals surface area contributed by atoms with Crippen molar-refractivity contribution in [3.8, 4) is 5.88 Å². The molecule has 13 heavy (non-hydrogen) atoms. The number of halogens is 1. The lowest BCUT2D eigenvalue weighted by molar-refractivity contribution is 0.303. The fourth-order valence-electron chi connectivity index (χ4n) is 0.852. The van der Waals surface area contributed by atoms with Gasteiger partial charge in [-0.25, -0.2) is 4.98 Å². The highest BCUT2D eigenvalue weighted by Gasteiger charge is 1.93. The van der Waals surface area contributed by atoms with Crippen LogP contribution in [0.5, 0.6) is 5.88 Å². The van der Waals surface area contributed by atoms with Gasteiger partial charge in [0.25, 0.3) is 0 Å². The normalized spacial score (nSPS) is 10.0. The van der Waals surface area contributed by atoms with Gasteiger partial charge >= 0.3 is 0 Å². The van der Waals surface area contributed by atoms with E-state index in [9.17, 15) is 0 Å². The fraction of sp³-hybridized carbons (Fsp3) is 0.444. The molecule has 1 aromatic rings. The molecule has 0 aromatic carbocycles. The summed E-state index contributed by atoms with van der Waals surface area (Å²) in [4.78, 5) is 4.08. The van der Waals surface area contributed by atoms with Crippen molar-refractivity contribution in [2.24, 2.45) is 0 Å². The molecule has 0 aliphatic heterocycles. The molecule has 0 aliphatic carbocycles. The maximum Gasteiger partial charge on any atom is 0.213 e. The molecular weight excluding hydrogens is 232 g/mol. The standard InChI is InChI=1S/C9H13BrN2O/c1-2-11-5-6-13-9-4-3-8(10)7-12-9/h3-4,7,11H,2,5-6H2,1H3. The Morgan fingerprint density at radius 2 is 2.38 bits per heavy atom. The molecule has 1 rings (SSSR count). The Bertz CT molecular complexity index is 238. The molecule has 0 saturated heterocycles. The Morgan fingerprint density at radius 1 is 1.54 bits per heavy atom. The third-order valence-electron chi connectivity index (χ3n) is 1.48. The summed E-state index contributed by atoms with van der Waals surface area (Å²) in [7, 11) is 0. The highest BCUT2D eigenvalue weighted by atomic mass is 79.9. The molecule has 1 N–H and O–H groups in total. The van der Waals surface area contributed by atoms with E-state index in [1.54, 1.807) is 6.20 Å². The minimum atomic E-state index is 0.655. The van der Waals surface area contributed by atoms with Gasteiger partial charge in [-0.15, -0.1) is 0 Å². The smallest absolute Gasteiger partial charge is 0.213 e. The Kier molecular flexibility index (Phi) is 4.78. The summed E-state index contributed by atoms with van der Waals surface area (Å²) in [6.07, 6.45) is 1.72. The van der Waals surface area contributed by atoms with Gasteiger partial charge in [0.2, 0.25) is 5.88 Å². The van der Waals surface area contributed by atoms with Crippen molar-refractivity contribution in [1.82, 2.24) is 10.3 Å². The molecule has 0 radical (unpaired) electrons. The molecule has 0 atom stereocenters. The van der Waals surface area contributed by atoms with Gasteiger partial charge in [-0.1, -0.05) is 6.92 Å². The summed E-state index contributed by atoms with van der Waals surface area (Å²) in [6, 6.07) is 3.76. The van der Waals surface area contributed by atoms with Crippen LogP contribution in [0.15, 0.2) is 22.8 Å². The molecule has 0 amide bonds. The quantitative estimate of drug-likeness (QED) is 0.803. The van der Waals surface area contributed by atoms with Crippen LogP contribution >= 0.6 is 15.9 Å². The number of hydrogen-bond donors (Lipinski definition) is 1. The zero-order valence-corrected chi connectivity index (χ0v) is 9.17. The van der Waals surface area contributed by atoms with Gasteiger partial charge in [0, 0.05) is 23.3 Å². The molecular formula is C9H13BrN2O. The third kappa shape index (κ3) is 4.24. The molecule has 0 aliphatic rings. The molecule has 0 saturated carbocycles. The third-order valence-corrected chi connectivity index (χ3v) is 1.95. The van der Waals surface area contributed by atoms with Crippen LogP contribution in [-0.4, -0.2) is 24.7 Å². The van der Waals surface area contributed by atoms with Crippen LogP contribution in [0, 0.1) is 0 Å². The number of hydrogen-bond acceptors (Lipinski definition) is 3. The van der Waals surface area contributed by atoms with Crippen molar-refractivity contribution in [2.45, 2.75) is 6.92 Å². The number of rotatable bonds is 5. The second kappa shape index (κ2) is 5.94. The van der Waals surface area contributed by atoms with Crippen LogP contribution in [0.3, 0.4) is 0 Å². The van der Waals surface area contributed by atoms with Gasteiger partial charge < -0.3 is 10.1 Å². The Labute approximate surface area is 86.6 Å². The molecule has 3 nitrogen and oxygen atoms in total. The molecule has 72 valence electrons. The minimum Gasteiger partial charge on any atom is -0.476 e. The number of aromatic nitrogens is 1. The first kappa shape index (κ1) is 10.5. The number of pyridine rings is 1. The fourth-order valence-corrected chi connectivity index (χ4v) is 1.09. The molecule has 0 unspecified atom stereocenters. The molecule has 1 aromatic heterocycles. The van der Waals surface area contributed by atoms with Gasteiger partial charge in [0.15, 0.2) is 0 Å². The highest BCUT2D eigenvalue weighted by Crippen LogP contribution is 2.11. The number of nitrogens with zero attached hydrogens (tertiary/aromatic N) is 1. The summed E-state index contributed by atoms with van der Waals surface area (Å²) in [6.45, 7) is 4.55. The lowest BCUT2D eigenvalue weighted by Gasteiger charge is -2.04. The number of nitrogens with one attached hydrogen (secondary N) is 1. The second-order valence-electron chi connectivity index (χ2n) is 2.52. The lowest BCUT2D eigenvalue weighted by atomic mass is 10.5. The van der Waals surface area contributed by atoms with Crippen molar-refractivity contribution < 1.29 is 4.74 Å². The van der Waals surface area contributed by atoms with E-state index in [2.05, 4.69) is 33.2 Å². The van der Waals surface area contributed by atoms with E-state index < -0.39 is 0 Å². The van der Waals surface area contributed by atoms with E-state index in [0.717, 1.165) is 17.6 Å². The first-order valence-corrected chi connectivity index (χ1v) is 5.07. The van der Waals surface area contributed by atoms with Gasteiger partial charge in [-0.05, 0) is 28.5 Å². The topological polar surface area (TPSA) is 34.1 Å². The van der Waals surface area contributed by atoms with Crippen molar-refractivity contribution in [1.29, 1.82) is 0 Å². The van der Waals surface area contributed by atoms with E-state index in [4.69, 9.17) is 4.74 Å². The Morgan fingerprint density at radius 3 is 3.00 bits per heavy atom. The van der Waals surface area contributed by atoms with E-state index in [-0.39, 0.29) is 0 Å². The Balaban J connectivity index is 2.25. The highest BCUT2D eigenvalue weighted by molar-refractivity contribution is 9.10. The average Bonchev–Trinajstić information content (AvgIpc) is 2.15. The van der Waals surface area contributed by atoms with Crippen molar-refractivity contribution in [2.75, 3.05) is 19.7 Å². The van der Waals surface area contributed by atoms with Gasteiger partial charge in [0.1, 0.15) is 6.61 Å². The SMILES string of the molecule is CCNCCOc1ccc(Br)cn1. The van der Waals surface area contributed by atoms with Crippen LogP contribution < -0.4 is 10.1 Å². The summed E-state index contributed by atoms with van der Waals surface area (Å²) >= 11 is 3.31. The largest absolute Gasteiger partial charge is 0.476 e. The van der Waals surface area contributed by atoms with Crippen molar-refractivity contribution in [3.63, 3.8) is 0 Å². The van der Waals surface area contributed by atoms with Gasteiger partial charge in [-0.3, -0.25) is 0 Å². The second-order valence-corrected chi connectivity index (χ2v) is 3.43. The van der Waals surface area contributed by atoms with Crippen LogP contribution in [0.25, 0.3) is 0 Å². The lowest BCUT2D eigenvalue weighted by Crippen LogP contribution is -2.20. The predicted molar refractivity (Wildman–Crippen MR) is 56.0 cm³/mol. The molecule has 1 heterocycles. The van der Waals surface area contributed by atoms with Crippen LogP contribution in [0.4, 0.5) is 0 Å². The van der Waals surface area contributed by atoms with Crippen LogP contribution in [0.1, 0.15) is 6.92 Å². The van der Waals surface area contributed by atoms with Crippen LogP contribution in [0.2, 0.25) is 0 Å². The number of ether oxygens (including phenoxy) is 1. The monoisotopic (exact) mass is 244 g/mol. The summed E-state index contributed by atoms with van der Waals surface area (Å²) in [5.74, 6) is 0.668. The first-order valence-electron chi connectivity index (χ1n) is 4.28.